The molecule has 4 rings (SSSR count). The van der Waals surface area contributed by atoms with E-state index in [1.54, 1.807) is 55.5 Å². The minimum Gasteiger partial charge on any atom is -0.462 e. The fourth-order valence-electron chi connectivity index (χ4n) is 4.47. The lowest BCUT2D eigenvalue weighted by atomic mass is 9.88. The number of anilines is 1. The van der Waals surface area contributed by atoms with Gasteiger partial charge in [-0.15, -0.1) is 0 Å². The molecule has 2 unspecified atom stereocenters. The van der Waals surface area contributed by atoms with Crippen LogP contribution in [0.5, 0.6) is 0 Å². The summed E-state index contributed by atoms with van der Waals surface area (Å²) in [7, 11) is -4.30. The first-order chi connectivity index (χ1) is 19.4. The van der Waals surface area contributed by atoms with Crippen LogP contribution < -0.4 is 15.8 Å². The predicted octanol–water partition coefficient (Wildman–Crippen LogP) is 3.52. The molecule has 2 amide bonds. The van der Waals surface area contributed by atoms with Crippen molar-refractivity contribution in [1.82, 2.24) is 5.32 Å². The van der Waals surface area contributed by atoms with E-state index in [2.05, 4.69) is 10.0 Å². The van der Waals surface area contributed by atoms with E-state index in [0.29, 0.717) is 5.56 Å². The van der Waals surface area contributed by atoms with Gasteiger partial charge in [0, 0.05) is 11.3 Å². The Morgan fingerprint density at radius 3 is 2.20 bits per heavy atom. The zero-order chi connectivity index (χ0) is 29.8. The largest absolute Gasteiger partial charge is 0.462 e. The molecule has 0 saturated carbocycles. The molecule has 0 heterocycles. The normalized spacial score (nSPS) is 13.5. The van der Waals surface area contributed by atoms with Gasteiger partial charge in [0.1, 0.15) is 5.92 Å². The summed E-state index contributed by atoms with van der Waals surface area (Å²) >= 11 is 0. The number of benzene rings is 4. The van der Waals surface area contributed by atoms with Crippen LogP contribution in [0.4, 0.5) is 5.69 Å². The number of fused-ring (bicyclic) bond motifs is 1. The van der Waals surface area contributed by atoms with Crippen LogP contribution in [0.15, 0.2) is 95.9 Å². The molecule has 11 heteroatoms. The highest BCUT2D eigenvalue weighted by atomic mass is 32.2. The number of carbonyl (C=O) groups excluding carboxylic acids is 3. The summed E-state index contributed by atoms with van der Waals surface area (Å²) in [6.07, 6.45) is 0. The fourth-order valence-corrected chi connectivity index (χ4v) is 5.59. The Labute approximate surface area is 237 Å². The summed E-state index contributed by atoms with van der Waals surface area (Å²) in [6.45, 7) is 2.79. The molecule has 212 valence electrons. The molecule has 41 heavy (non-hydrogen) atoms. The van der Waals surface area contributed by atoms with Gasteiger partial charge in [0.25, 0.3) is 15.9 Å². The number of esters is 1. The molecule has 0 aliphatic carbocycles. The summed E-state index contributed by atoms with van der Waals surface area (Å²) in [5.41, 5.74) is 3.53. The van der Waals surface area contributed by atoms with Crippen LogP contribution in [0, 0.1) is 0 Å². The van der Waals surface area contributed by atoms with E-state index in [4.69, 9.17) is 10.5 Å². The number of rotatable bonds is 10. The van der Waals surface area contributed by atoms with Crippen molar-refractivity contribution >= 4 is 44.3 Å². The summed E-state index contributed by atoms with van der Waals surface area (Å²) < 4.78 is 34.3. The quantitative estimate of drug-likeness (QED) is 0.166. The lowest BCUT2D eigenvalue weighted by molar-refractivity contribution is -0.126. The van der Waals surface area contributed by atoms with Crippen molar-refractivity contribution in [2.24, 2.45) is 5.73 Å². The third kappa shape index (κ3) is 6.71. The molecule has 5 N–H and O–H groups in total. The second-order valence-corrected chi connectivity index (χ2v) is 11.2. The van der Waals surface area contributed by atoms with Gasteiger partial charge in [0.05, 0.1) is 17.1 Å². The van der Waals surface area contributed by atoms with Crippen LogP contribution in [0.25, 0.3) is 10.8 Å². The van der Waals surface area contributed by atoms with E-state index in [1.807, 2.05) is 24.3 Å². The topological polar surface area (TPSA) is 165 Å². The Bertz CT molecular complexity index is 1720. The fraction of sp³-hybridized carbons (Fsp3) is 0.167. The standard InChI is InChI=1S/C30H29N3O7S/c1-3-40-29(36)23-15-22(28(35)32-30(2,37)26(27(31)34)20-10-5-4-6-11-20)17-25(18-23)41(38,39)33-24-14-13-19-9-7-8-12-21(19)16-24/h4-18,26,33,37H,3H2,1-2H3,(H2,31,34)(H,32,35). The van der Waals surface area contributed by atoms with Gasteiger partial charge in [0.15, 0.2) is 5.72 Å². The molecule has 4 aromatic rings. The maximum absolute atomic E-state index is 13.4. The number of hydrogen-bond donors (Lipinski definition) is 4. The van der Waals surface area contributed by atoms with E-state index in [9.17, 15) is 27.9 Å². The predicted molar refractivity (Wildman–Crippen MR) is 154 cm³/mol. The molecular weight excluding hydrogens is 546 g/mol. The van der Waals surface area contributed by atoms with Crippen LogP contribution in [-0.2, 0) is 19.6 Å². The van der Waals surface area contributed by atoms with E-state index in [1.165, 1.54) is 6.92 Å². The minimum absolute atomic E-state index is 0.0127. The number of nitrogens with two attached hydrogens (primary N) is 1. The maximum atomic E-state index is 13.4. The Balaban J connectivity index is 1.70. The molecule has 4 aromatic carbocycles. The van der Waals surface area contributed by atoms with E-state index < -0.39 is 44.3 Å². The number of hydrogen-bond acceptors (Lipinski definition) is 7. The lowest BCUT2D eigenvalue weighted by Crippen LogP contribution is -2.54. The Morgan fingerprint density at radius 1 is 0.902 bits per heavy atom. The second kappa shape index (κ2) is 11.8. The summed E-state index contributed by atoms with van der Waals surface area (Å²) in [5, 5.41) is 15.2. The first-order valence-corrected chi connectivity index (χ1v) is 14.1. The molecule has 2 atom stereocenters. The Kier molecular flexibility index (Phi) is 8.41. The summed E-state index contributed by atoms with van der Waals surface area (Å²) in [4.78, 5) is 37.8. The van der Waals surface area contributed by atoms with Gasteiger partial charge in [0.2, 0.25) is 5.91 Å². The van der Waals surface area contributed by atoms with Crippen LogP contribution in [0.3, 0.4) is 0 Å². The zero-order valence-electron chi connectivity index (χ0n) is 22.3. The van der Waals surface area contributed by atoms with Gasteiger partial charge in [-0.1, -0.05) is 60.7 Å². The number of carbonyl (C=O) groups is 3. The van der Waals surface area contributed by atoms with Crippen molar-refractivity contribution in [3.63, 3.8) is 0 Å². The van der Waals surface area contributed by atoms with Crippen molar-refractivity contribution in [1.29, 1.82) is 0 Å². The number of primary amides is 1. The number of sulfonamides is 1. The average molecular weight is 576 g/mol. The third-order valence-electron chi connectivity index (χ3n) is 6.34. The number of aliphatic hydroxyl groups is 1. The van der Waals surface area contributed by atoms with Crippen molar-refractivity contribution in [2.75, 3.05) is 11.3 Å². The van der Waals surface area contributed by atoms with Gasteiger partial charge < -0.3 is 20.9 Å². The summed E-state index contributed by atoms with van der Waals surface area (Å²) in [5.74, 6) is -4.04. The first-order valence-electron chi connectivity index (χ1n) is 12.6. The van der Waals surface area contributed by atoms with Crippen molar-refractivity contribution in [2.45, 2.75) is 30.4 Å². The molecule has 10 nitrogen and oxygen atoms in total. The molecule has 0 fully saturated rings. The van der Waals surface area contributed by atoms with Crippen LogP contribution in [-0.4, -0.2) is 43.6 Å². The lowest BCUT2D eigenvalue weighted by Gasteiger charge is -2.32. The van der Waals surface area contributed by atoms with E-state index >= 15 is 0 Å². The number of ether oxygens (including phenoxy) is 1. The highest BCUT2D eigenvalue weighted by molar-refractivity contribution is 7.92. The van der Waals surface area contributed by atoms with Gasteiger partial charge in [-0.3, -0.25) is 14.3 Å². The average Bonchev–Trinajstić information content (AvgIpc) is 2.92. The summed E-state index contributed by atoms with van der Waals surface area (Å²) in [6, 6.07) is 23.8. The molecule has 0 saturated heterocycles. The van der Waals surface area contributed by atoms with E-state index in [0.717, 1.165) is 29.0 Å². The Hall–Kier alpha value is -4.74. The number of amides is 2. The van der Waals surface area contributed by atoms with Crippen molar-refractivity contribution in [3.05, 3.63) is 108 Å². The molecule has 0 bridgehead atoms. The maximum Gasteiger partial charge on any atom is 0.338 e. The SMILES string of the molecule is CCOC(=O)c1cc(C(=O)NC(C)(O)C(C(N)=O)c2ccccc2)cc(S(=O)(=O)Nc2ccc3ccccc3c2)c1. The van der Waals surface area contributed by atoms with Gasteiger partial charge in [-0.25, -0.2) is 13.2 Å². The molecular formula is C30H29N3O7S. The highest BCUT2D eigenvalue weighted by Crippen LogP contribution is 2.28. The van der Waals surface area contributed by atoms with Crippen LogP contribution in [0.2, 0.25) is 0 Å². The molecule has 0 aromatic heterocycles. The molecule has 0 aliphatic rings. The van der Waals surface area contributed by atoms with Crippen molar-refractivity contribution < 1.29 is 32.6 Å². The molecule has 0 spiro atoms. The third-order valence-corrected chi connectivity index (χ3v) is 7.70. The highest BCUT2D eigenvalue weighted by Gasteiger charge is 2.39. The molecule has 0 radical (unpaired) electrons. The van der Waals surface area contributed by atoms with Gasteiger partial charge in [-0.2, -0.15) is 0 Å². The minimum atomic E-state index is -4.30. The molecule has 0 aliphatic heterocycles. The van der Waals surface area contributed by atoms with Crippen LogP contribution >= 0.6 is 0 Å². The number of nitrogens with one attached hydrogen (secondary N) is 2. The monoisotopic (exact) mass is 575 g/mol. The first kappa shape index (κ1) is 29.2. The van der Waals surface area contributed by atoms with Gasteiger partial charge in [-0.05, 0) is 60.5 Å². The van der Waals surface area contributed by atoms with Crippen molar-refractivity contribution in [3.8, 4) is 0 Å². The van der Waals surface area contributed by atoms with Crippen LogP contribution in [0.1, 0.15) is 46.0 Å². The Morgan fingerprint density at radius 2 is 1.54 bits per heavy atom. The zero-order valence-corrected chi connectivity index (χ0v) is 23.1. The van der Waals surface area contributed by atoms with Gasteiger partial charge >= 0.3 is 5.97 Å². The smallest absolute Gasteiger partial charge is 0.338 e. The second-order valence-electron chi connectivity index (χ2n) is 9.48. The van der Waals surface area contributed by atoms with E-state index in [-0.39, 0.29) is 23.4 Å².